The highest BCUT2D eigenvalue weighted by molar-refractivity contribution is 7.99. The van der Waals surface area contributed by atoms with E-state index in [1.54, 1.807) is 24.3 Å². The molecule has 0 aliphatic heterocycles. The van der Waals surface area contributed by atoms with Gasteiger partial charge < -0.3 is 5.21 Å². The monoisotopic (exact) mass is 330 g/mol. The van der Waals surface area contributed by atoms with Gasteiger partial charge in [-0.2, -0.15) is 0 Å². The molecule has 0 amide bonds. The topological polar surface area (TPSA) is 75.1 Å². The summed E-state index contributed by atoms with van der Waals surface area (Å²) in [6.45, 7) is 0. The van der Waals surface area contributed by atoms with E-state index >= 15 is 0 Å². The number of aromatic nitrogens is 2. The molecule has 116 valence electrons. The molecule has 2 N–H and O–H groups in total. The van der Waals surface area contributed by atoms with Crippen molar-refractivity contribution in [1.29, 1.82) is 0 Å². The van der Waals surface area contributed by atoms with Gasteiger partial charge in [0.25, 0.3) is 5.56 Å². The highest BCUT2D eigenvalue weighted by Gasteiger charge is 2.06. The zero-order chi connectivity index (χ0) is 16.4. The summed E-state index contributed by atoms with van der Waals surface area (Å²) in [7, 11) is 0. The van der Waals surface area contributed by atoms with Gasteiger partial charge in [0, 0.05) is 11.0 Å². The zero-order valence-corrected chi connectivity index (χ0v) is 12.5. The van der Waals surface area contributed by atoms with Crippen LogP contribution in [-0.4, -0.2) is 14.9 Å². The molecule has 3 aromatic rings. The molecular formula is C16H11FN2O3S. The molecule has 0 aliphatic rings. The zero-order valence-electron chi connectivity index (χ0n) is 11.7. The molecule has 1 heterocycles. The number of hydrogen-bond acceptors (Lipinski definition) is 4. The van der Waals surface area contributed by atoms with Crippen molar-refractivity contribution in [2.75, 3.05) is 0 Å². The van der Waals surface area contributed by atoms with Crippen LogP contribution in [0.25, 0.3) is 11.1 Å². The first-order chi connectivity index (χ1) is 11.0. The van der Waals surface area contributed by atoms with Crippen LogP contribution in [0.4, 0.5) is 4.39 Å². The molecule has 0 bridgehead atoms. The van der Waals surface area contributed by atoms with Crippen LogP contribution in [0.2, 0.25) is 0 Å². The second kappa shape index (κ2) is 6.13. The fourth-order valence-electron chi connectivity index (χ4n) is 2.06. The van der Waals surface area contributed by atoms with Crippen molar-refractivity contribution >= 4 is 11.8 Å². The minimum atomic E-state index is -0.902. The fourth-order valence-corrected chi connectivity index (χ4v) is 2.94. The lowest BCUT2D eigenvalue weighted by molar-refractivity contribution is 0.159. The van der Waals surface area contributed by atoms with Gasteiger partial charge in [-0.1, -0.05) is 40.8 Å². The predicted molar refractivity (Wildman–Crippen MR) is 84.5 cm³/mol. The third-order valence-electron chi connectivity index (χ3n) is 3.11. The SMILES string of the molecule is O=c1cc(Sc2cccc(-c3cccc(F)c3)c2)[nH]c(=O)n1O. The molecule has 2 aromatic carbocycles. The maximum atomic E-state index is 13.3. The average Bonchev–Trinajstić information content (AvgIpc) is 2.53. The van der Waals surface area contributed by atoms with Gasteiger partial charge in [-0.05, 0) is 35.4 Å². The van der Waals surface area contributed by atoms with Crippen molar-refractivity contribution in [3.63, 3.8) is 0 Å². The molecule has 0 spiro atoms. The highest BCUT2D eigenvalue weighted by atomic mass is 32.2. The molecular weight excluding hydrogens is 319 g/mol. The molecule has 0 fully saturated rings. The molecule has 23 heavy (non-hydrogen) atoms. The second-order valence-electron chi connectivity index (χ2n) is 4.73. The van der Waals surface area contributed by atoms with Crippen LogP contribution < -0.4 is 11.2 Å². The summed E-state index contributed by atoms with van der Waals surface area (Å²) in [5, 5.41) is 9.44. The molecule has 0 atom stereocenters. The lowest BCUT2D eigenvalue weighted by Gasteiger charge is -2.06. The smallest absolute Gasteiger partial charge is 0.362 e. The Hall–Kier alpha value is -2.80. The number of hydrogen-bond donors (Lipinski definition) is 2. The largest absolute Gasteiger partial charge is 0.421 e. The number of halogens is 1. The maximum Gasteiger partial charge on any atom is 0.362 e. The van der Waals surface area contributed by atoms with E-state index < -0.39 is 11.2 Å². The maximum absolute atomic E-state index is 13.3. The Bertz CT molecular complexity index is 950. The van der Waals surface area contributed by atoms with Gasteiger partial charge in [-0.25, -0.2) is 9.18 Å². The minimum absolute atomic E-state index is 0.00717. The first-order valence-corrected chi connectivity index (χ1v) is 7.44. The molecule has 3 rings (SSSR count). The number of benzene rings is 2. The molecule has 7 heteroatoms. The van der Waals surface area contributed by atoms with E-state index in [1.807, 2.05) is 12.1 Å². The normalized spacial score (nSPS) is 10.7. The van der Waals surface area contributed by atoms with E-state index in [4.69, 9.17) is 5.21 Å². The summed E-state index contributed by atoms with van der Waals surface area (Å²) >= 11 is 1.16. The highest BCUT2D eigenvalue weighted by Crippen LogP contribution is 2.29. The van der Waals surface area contributed by atoms with E-state index in [1.165, 1.54) is 12.1 Å². The molecule has 1 aromatic heterocycles. The fraction of sp³-hybridized carbons (Fsp3) is 0. The van der Waals surface area contributed by atoms with Crippen molar-refractivity contribution in [2.45, 2.75) is 9.92 Å². The Labute approximate surface area is 134 Å². The van der Waals surface area contributed by atoms with Gasteiger partial charge in [0.2, 0.25) is 0 Å². The predicted octanol–water partition coefficient (Wildman–Crippen LogP) is 2.73. The molecule has 0 saturated heterocycles. The van der Waals surface area contributed by atoms with Gasteiger partial charge in [0.1, 0.15) is 5.82 Å². The summed E-state index contributed by atoms with van der Waals surface area (Å²) in [5.74, 6) is -0.323. The van der Waals surface area contributed by atoms with E-state index in [2.05, 4.69) is 4.98 Å². The van der Waals surface area contributed by atoms with Crippen LogP contribution in [0.3, 0.4) is 0 Å². The summed E-state index contributed by atoms with van der Waals surface area (Å²) in [4.78, 5) is 25.9. The number of nitrogens with one attached hydrogen (secondary N) is 1. The summed E-state index contributed by atoms with van der Waals surface area (Å²) < 4.78 is 13.3. The molecule has 0 radical (unpaired) electrons. The lowest BCUT2D eigenvalue weighted by atomic mass is 10.1. The van der Waals surface area contributed by atoms with Crippen LogP contribution >= 0.6 is 11.8 Å². The lowest BCUT2D eigenvalue weighted by Crippen LogP contribution is -2.32. The molecule has 0 saturated carbocycles. The summed E-state index contributed by atoms with van der Waals surface area (Å²) in [6, 6.07) is 14.6. The van der Waals surface area contributed by atoms with Crippen molar-refractivity contribution in [1.82, 2.24) is 9.71 Å². The van der Waals surface area contributed by atoms with Gasteiger partial charge in [-0.3, -0.25) is 9.78 Å². The second-order valence-corrected chi connectivity index (χ2v) is 5.84. The Morgan fingerprint density at radius 3 is 2.39 bits per heavy atom. The number of nitrogens with zero attached hydrogens (tertiary/aromatic N) is 1. The van der Waals surface area contributed by atoms with E-state index in [0.717, 1.165) is 33.9 Å². The Balaban J connectivity index is 1.95. The Kier molecular flexibility index (Phi) is 4.03. The standard InChI is InChI=1S/C16H11FN2O3S/c17-12-5-1-3-10(7-12)11-4-2-6-13(8-11)23-14-9-15(20)19(22)16(21)18-14/h1-9,22H,(H,18,21). The van der Waals surface area contributed by atoms with Crippen molar-refractivity contribution in [3.8, 4) is 11.1 Å². The first kappa shape index (κ1) is 15.1. The Morgan fingerprint density at radius 2 is 1.70 bits per heavy atom. The summed E-state index contributed by atoms with van der Waals surface area (Å²) in [5.41, 5.74) is -0.169. The van der Waals surface area contributed by atoms with E-state index in [9.17, 15) is 14.0 Å². The Morgan fingerprint density at radius 1 is 1.00 bits per heavy atom. The van der Waals surface area contributed by atoms with Crippen LogP contribution in [0, 0.1) is 5.82 Å². The molecule has 0 aliphatic carbocycles. The molecule has 0 unspecified atom stereocenters. The number of rotatable bonds is 3. The average molecular weight is 330 g/mol. The van der Waals surface area contributed by atoms with Gasteiger partial charge >= 0.3 is 5.69 Å². The van der Waals surface area contributed by atoms with Crippen molar-refractivity contribution in [3.05, 3.63) is 81.3 Å². The first-order valence-electron chi connectivity index (χ1n) is 6.62. The van der Waals surface area contributed by atoms with Crippen molar-refractivity contribution in [2.24, 2.45) is 0 Å². The van der Waals surface area contributed by atoms with Gasteiger partial charge in [-0.15, -0.1) is 0 Å². The van der Waals surface area contributed by atoms with Crippen LogP contribution in [0.5, 0.6) is 0 Å². The minimum Gasteiger partial charge on any atom is -0.421 e. The van der Waals surface area contributed by atoms with E-state index in [0.29, 0.717) is 5.03 Å². The van der Waals surface area contributed by atoms with Crippen LogP contribution in [-0.2, 0) is 0 Å². The quantitative estimate of drug-likeness (QED) is 0.572. The van der Waals surface area contributed by atoms with E-state index in [-0.39, 0.29) is 10.5 Å². The van der Waals surface area contributed by atoms with Gasteiger partial charge in [0.05, 0.1) is 5.03 Å². The number of aromatic amines is 1. The molecule has 5 nitrogen and oxygen atoms in total. The number of H-pyrrole nitrogens is 1. The van der Waals surface area contributed by atoms with Crippen molar-refractivity contribution < 1.29 is 9.60 Å². The van der Waals surface area contributed by atoms with Crippen LogP contribution in [0.15, 0.2) is 74.1 Å². The third-order valence-corrected chi connectivity index (χ3v) is 4.04. The van der Waals surface area contributed by atoms with Gasteiger partial charge in [0.15, 0.2) is 0 Å². The third kappa shape index (κ3) is 3.35. The summed E-state index contributed by atoms with van der Waals surface area (Å²) in [6.07, 6.45) is 0. The van der Waals surface area contributed by atoms with Crippen LogP contribution in [0.1, 0.15) is 0 Å².